The molecule has 2 heteroatoms. The zero-order valence-electron chi connectivity index (χ0n) is 6.23. The molecule has 1 atom stereocenters. The highest BCUT2D eigenvalue weighted by Crippen LogP contribution is 2.32. The average molecular weight is 205 g/mol. The standard InChI is InChI=1S/C8H13BrO/c1-2-8(10)6-4-3-5-7(6)9/h8,10H,2-5H2,1H3. The van der Waals surface area contributed by atoms with Crippen LogP contribution in [0.1, 0.15) is 32.6 Å². The van der Waals surface area contributed by atoms with Gasteiger partial charge in [0.1, 0.15) is 0 Å². The van der Waals surface area contributed by atoms with Crippen molar-refractivity contribution in [3.8, 4) is 0 Å². The van der Waals surface area contributed by atoms with E-state index in [4.69, 9.17) is 0 Å². The highest BCUT2D eigenvalue weighted by molar-refractivity contribution is 9.11. The number of hydrogen-bond acceptors (Lipinski definition) is 1. The molecule has 0 aliphatic heterocycles. The van der Waals surface area contributed by atoms with Gasteiger partial charge in [0, 0.05) is 0 Å². The Balaban J connectivity index is 2.61. The Hall–Kier alpha value is 0.180. The Bertz CT molecular complexity index is 151. The van der Waals surface area contributed by atoms with Gasteiger partial charge in [-0.05, 0) is 35.7 Å². The molecule has 0 saturated carbocycles. The molecule has 0 saturated heterocycles. The van der Waals surface area contributed by atoms with Gasteiger partial charge in [-0.3, -0.25) is 0 Å². The van der Waals surface area contributed by atoms with Crippen LogP contribution in [0.2, 0.25) is 0 Å². The number of halogens is 1. The summed E-state index contributed by atoms with van der Waals surface area (Å²) >= 11 is 3.47. The lowest BCUT2D eigenvalue weighted by molar-refractivity contribution is 0.203. The molecule has 0 heterocycles. The minimum Gasteiger partial charge on any atom is -0.389 e. The van der Waals surface area contributed by atoms with Crippen molar-refractivity contribution >= 4 is 15.9 Å². The van der Waals surface area contributed by atoms with E-state index in [1.807, 2.05) is 6.92 Å². The molecule has 1 nitrogen and oxygen atoms in total. The highest BCUT2D eigenvalue weighted by Gasteiger charge is 2.17. The summed E-state index contributed by atoms with van der Waals surface area (Å²) in [6.07, 6.45) is 4.04. The molecule has 1 N–H and O–H groups in total. The number of aliphatic hydroxyl groups excluding tert-OH is 1. The SMILES string of the molecule is CCC(O)C1=C(Br)CCC1. The summed E-state index contributed by atoms with van der Waals surface area (Å²) in [4.78, 5) is 0. The molecule has 0 spiro atoms. The van der Waals surface area contributed by atoms with E-state index in [2.05, 4.69) is 15.9 Å². The molecular weight excluding hydrogens is 192 g/mol. The largest absolute Gasteiger partial charge is 0.389 e. The maximum absolute atomic E-state index is 9.44. The monoisotopic (exact) mass is 204 g/mol. The predicted octanol–water partition coefficient (Wildman–Crippen LogP) is 2.59. The molecule has 0 amide bonds. The van der Waals surface area contributed by atoms with E-state index in [1.54, 1.807) is 0 Å². The third-order valence-electron chi connectivity index (χ3n) is 1.98. The topological polar surface area (TPSA) is 20.2 Å². The van der Waals surface area contributed by atoms with Crippen LogP contribution in [0.4, 0.5) is 0 Å². The van der Waals surface area contributed by atoms with Gasteiger partial charge in [-0.15, -0.1) is 0 Å². The molecule has 1 aliphatic carbocycles. The van der Waals surface area contributed by atoms with Crippen LogP contribution in [0.15, 0.2) is 10.1 Å². The average Bonchev–Trinajstić information content (AvgIpc) is 2.34. The minimum absolute atomic E-state index is 0.197. The van der Waals surface area contributed by atoms with Gasteiger partial charge in [-0.25, -0.2) is 0 Å². The Morgan fingerprint density at radius 1 is 1.60 bits per heavy atom. The van der Waals surface area contributed by atoms with Gasteiger partial charge in [0.15, 0.2) is 0 Å². The predicted molar refractivity (Wildman–Crippen MR) is 46.1 cm³/mol. The molecule has 0 bridgehead atoms. The molecule has 1 unspecified atom stereocenters. The lowest BCUT2D eigenvalue weighted by Gasteiger charge is -2.08. The lowest BCUT2D eigenvalue weighted by atomic mass is 10.1. The fourth-order valence-electron chi connectivity index (χ4n) is 1.32. The van der Waals surface area contributed by atoms with Gasteiger partial charge in [0.2, 0.25) is 0 Å². The smallest absolute Gasteiger partial charge is 0.0758 e. The summed E-state index contributed by atoms with van der Waals surface area (Å²) in [6, 6.07) is 0. The van der Waals surface area contributed by atoms with Crippen molar-refractivity contribution in [2.45, 2.75) is 38.7 Å². The number of aliphatic hydroxyl groups is 1. The maximum atomic E-state index is 9.44. The third-order valence-corrected chi connectivity index (χ3v) is 2.89. The fraction of sp³-hybridized carbons (Fsp3) is 0.750. The van der Waals surface area contributed by atoms with Crippen molar-refractivity contribution in [1.29, 1.82) is 0 Å². The van der Waals surface area contributed by atoms with Gasteiger partial charge in [0.25, 0.3) is 0 Å². The molecule has 0 radical (unpaired) electrons. The maximum Gasteiger partial charge on any atom is 0.0758 e. The summed E-state index contributed by atoms with van der Waals surface area (Å²) in [5.41, 5.74) is 1.22. The first-order chi connectivity index (χ1) is 4.75. The van der Waals surface area contributed by atoms with E-state index >= 15 is 0 Å². The van der Waals surface area contributed by atoms with Crippen LogP contribution in [-0.4, -0.2) is 11.2 Å². The quantitative estimate of drug-likeness (QED) is 0.734. The van der Waals surface area contributed by atoms with E-state index in [0.29, 0.717) is 0 Å². The summed E-state index contributed by atoms with van der Waals surface area (Å²) in [6.45, 7) is 2.01. The molecule has 0 aromatic carbocycles. The van der Waals surface area contributed by atoms with Crippen molar-refractivity contribution in [3.05, 3.63) is 10.1 Å². The summed E-state index contributed by atoms with van der Waals surface area (Å²) in [5, 5.41) is 9.44. The van der Waals surface area contributed by atoms with E-state index < -0.39 is 0 Å². The van der Waals surface area contributed by atoms with Crippen LogP contribution in [0.25, 0.3) is 0 Å². The van der Waals surface area contributed by atoms with Gasteiger partial charge in [-0.2, -0.15) is 0 Å². The Labute approximate surface area is 70.3 Å². The van der Waals surface area contributed by atoms with E-state index in [9.17, 15) is 5.11 Å². The highest BCUT2D eigenvalue weighted by atomic mass is 79.9. The van der Waals surface area contributed by atoms with Crippen molar-refractivity contribution < 1.29 is 5.11 Å². The van der Waals surface area contributed by atoms with E-state index in [-0.39, 0.29) is 6.10 Å². The van der Waals surface area contributed by atoms with E-state index in [0.717, 1.165) is 19.3 Å². The van der Waals surface area contributed by atoms with Crippen LogP contribution < -0.4 is 0 Å². The van der Waals surface area contributed by atoms with Gasteiger partial charge in [-0.1, -0.05) is 22.9 Å². The molecule has 0 aromatic heterocycles. The van der Waals surface area contributed by atoms with Crippen molar-refractivity contribution in [2.75, 3.05) is 0 Å². The molecule has 0 aromatic rings. The van der Waals surface area contributed by atoms with Gasteiger partial charge >= 0.3 is 0 Å². The van der Waals surface area contributed by atoms with Crippen LogP contribution in [-0.2, 0) is 0 Å². The molecule has 1 aliphatic rings. The Morgan fingerprint density at radius 2 is 2.30 bits per heavy atom. The van der Waals surface area contributed by atoms with Crippen molar-refractivity contribution in [3.63, 3.8) is 0 Å². The zero-order valence-corrected chi connectivity index (χ0v) is 7.82. The third kappa shape index (κ3) is 1.61. The summed E-state index contributed by atoms with van der Waals surface area (Å²) in [5.74, 6) is 0. The molecular formula is C8H13BrO. The minimum atomic E-state index is -0.197. The summed E-state index contributed by atoms with van der Waals surface area (Å²) < 4.78 is 1.24. The second kappa shape index (κ2) is 3.54. The second-order valence-electron chi connectivity index (χ2n) is 2.71. The number of allylic oxidation sites excluding steroid dienone is 1. The first-order valence-corrected chi connectivity index (χ1v) is 4.60. The first-order valence-electron chi connectivity index (χ1n) is 3.81. The van der Waals surface area contributed by atoms with Gasteiger partial charge in [0.05, 0.1) is 6.10 Å². The van der Waals surface area contributed by atoms with Crippen LogP contribution in [0.5, 0.6) is 0 Å². The zero-order chi connectivity index (χ0) is 7.56. The van der Waals surface area contributed by atoms with E-state index in [1.165, 1.54) is 16.5 Å². The van der Waals surface area contributed by atoms with Crippen molar-refractivity contribution in [1.82, 2.24) is 0 Å². The van der Waals surface area contributed by atoms with Crippen LogP contribution in [0.3, 0.4) is 0 Å². The molecule has 1 rings (SSSR count). The molecule has 58 valence electrons. The number of rotatable bonds is 2. The van der Waals surface area contributed by atoms with Crippen molar-refractivity contribution in [2.24, 2.45) is 0 Å². The lowest BCUT2D eigenvalue weighted by Crippen LogP contribution is -2.06. The van der Waals surface area contributed by atoms with Crippen LogP contribution >= 0.6 is 15.9 Å². The number of hydrogen-bond donors (Lipinski definition) is 1. The Kier molecular flexibility index (Phi) is 2.93. The Morgan fingerprint density at radius 3 is 2.70 bits per heavy atom. The normalized spacial score (nSPS) is 21.9. The second-order valence-corrected chi connectivity index (χ2v) is 3.66. The van der Waals surface area contributed by atoms with Gasteiger partial charge < -0.3 is 5.11 Å². The first kappa shape index (κ1) is 8.28. The molecule has 10 heavy (non-hydrogen) atoms. The molecule has 0 fully saturated rings. The summed E-state index contributed by atoms with van der Waals surface area (Å²) in [7, 11) is 0. The van der Waals surface area contributed by atoms with Crippen LogP contribution in [0, 0.1) is 0 Å². The fourth-order valence-corrected chi connectivity index (χ4v) is 2.07.